The number of aromatic nitrogens is 3. The summed E-state index contributed by atoms with van der Waals surface area (Å²) in [5.74, 6) is 0.885. The van der Waals surface area contributed by atoms with Gasteiger partial charge in [0.1, 0.15) is 16.9 Å². The molecule has 0 saturated heterocycles. The second kappa shape index (κ2) is 56.6. The van der Waals surface area contributed by atoms with Gasteiger partial charge in [0.15, 0.2) is 5.82 Å². The summed E-state index contributed by atoms with van der Waals surface area (Å²) in [6.45, 7) is 24.3. The van der Waals surface area contributed by atoms with Crippen LogP contribution in [0.2, 0.25) is 0 Å². The van der Waals surface area contributed by atoms with E-state index in [1.54, 1.807) is 0 Å². The number of carbonyl (C=O) groups excluding carboxylic acids is 4. The van der Waals surface area contributed by atoms with Gasteiger partial charge in [-0.1, -0.05) is 206 Å². The molecule has 0 aliphatic rings. The Hall–Kier alpha value is -4.42. The minimum Gasteiger partial charge on any atom is -0.466 e. The number of ether oxygens (including phenoxy) is 6. The molecule has 3 aromatic rings. The normalized spacial score (nSPS) is 11.9. The summed E-state index contributed by atoms with van der Waals surface area (Å²) in [6.07, 6.45) is 41.8. The standard InChI is InChI=1S/C77H137N7O10/c1-7-11-14-29-43-58-91-70(85)48-33-23-17-20-26-39-52-82(53-40-27-21-18-24-34-49-71(86)92-59-44-30-15-12-8-2)56-61-89-63-64-90-62-57-83(54-41-28-22-19-25-35-50-72(87)93-60-45-31-16-13-9-3)55-42-32-36-51-73(88)94-77(5,6)66-84-69(65-79-10-4)81-74-75(84)67-46-37-38-47-68(67)80-76(74)78/h37-38,46-47,79H,7-36,39-45,48-66H2,1-6H3,(H2,78,80). The molecule has 2 heterocycles. The van der Waals surface area contributed by atoms with Gasteiger partial charge in [0, 0.05) is 44.2 Å². The van der Waals surface area contributed by atoms with E-state index in [0.717, 1.165) is 216 Å². The number of esters is 4. The van der Waals surface area contributed by atoms with Crippen LogP contribution in [0.15, 0.2) is 24.3 Å². The van der Waals surface area contributed by atoms with Crippen LogP contribution < -0.4 is 11.1 Å². The first-order chi connectivity index (χ1) is 45.9. The van der Waals surface area contributed by atoms with Crippen LogP contribution >= 0.6 is 0 Å². The summed E-state index contributed by atoms with van der Waals surface area (Å²) in [7, 11) is 0. The molecule has 0 aliphatic carbocycles. The molecule has 0 radical (unpaired) electrons. The van der Waals surface area contributed by atoms with Gasteiger partial charge in [0.25, 0.3) is 0 Å². The summed E-state index contributed by atoms with van der Waals surface area (Å²) in [4.78, 5) is 64.8. The lowest BCUT2D eigenvalue weighted by molar-refractivity contribution is -0.158. The fourth-order valence-corrected chi connectivity index (χ4v) is 12.2. The molecule has 0 atom stereocenters. The monoisotopic (exact) mass is 1320 g/mol. The first-order valence-electron chi connectivity index (χ1n) is 38.4. The number of hydrogen-bond donors (Lipinski definition) is 2. The van der Waals surface area contributed by atoms with Gasteiger partial charge < -0.3 is 53.8 Å². The Labute approximate surface area is 571 Å². The van der Waals surface area contributed by atoms with Crippen LogP contribution in [-0.2, 0) is 60.7 Å². The van der Waals surface area contributed by atoms with Gasteiger partial charge in [-0.3, -0.25) is 19.2 Å². The van der Waals surface area contributed by atoms with Gasteiger partial charge in [-0.15, -0.1) is 0 Å². The SMILES string of the molecule is CCCCCCCOC(=O)CCCCCCCCN(CCCCCCCCC(=O)OCCCCCCC)CCOCCOCCN(CCCCCCCCC(=O)OCCCCCCC)CCCCCC(=O)OC(C)(C)Cn1c(CNCC)nc2c(N)nc3ccccc3c21. The number of nitrogens with zero attached hydrogens (tertiary/aromatic N) is 5. The number of pyridine rings is 1. The fourth-order valence-electron chi connectivity index (χ4n) is 12.2. The molecule has 0 aliphatic heterocycles. The summed E-state index contributed by atoms with van der Waals surface area (Å²) in [6, 6.07) is 7.96. The number of benzene rings is 1. The maximum absolute atomic E-state index is 13.5. The van der Waals surface area contributed by atoms with Crippen LogP contribution in [-0.4, -0.2) is 146 Å². The highest BCUT2D eigenvalue weighted by atomic mass is 16.6. The second-order valence-electron chi connectivity index (χ2n) is 27.1. The molecule has 0 spiro atoms. The minimum absolute atomic E-state index is 0.0411. The molecule has 17 heteroatoms. The number of nitrogens with two attached hydrogens (primary N) is 1. The molecule has 3 rings (SSSR count). The first kappa shape index (κ1) is 83.8. The van der Waals surface area contributed by atoms with Crippen molar-refractivity contribution in [1.29, 1.82) is 0 Å². The average molecular weight is 1320 g/mol. The Morgan fingerprint density at radius 1 is 0.447 bits per heavy atom. The Balaban J connectivity index is 1.44. The van der Waals surface area contributed by atoms with Gasteiger partial charge in [-0.05, 0) is 123 Å². The van der Waals surface area contributed by atoms with E-state index >= 15 is 0 Å². The molecule has 0 bridgehead atoms. The van der Waals surface area contributed by atoms with Gasteiger partial charge in [-0.2, -0.15) is 0 Å². The zero-order chi connectivity index (χ0) is 67.8. The molecule has 0 unspecified atom stereocenters. The molecule has 17 nitrogen and oxygen atoms in total. The van der Waals surface area contributed by atoms with Gasteiger partial charge in [0.05, 0.1) is 70.4 Å². The third kappa shape index (κ3) is 42.3. The molecular formula is C77H137N7O10. The Morgan fingerprint density at radius 3 is 1.24 bits per heavy atom. The van der Waals surface area contributed by atoms with Crippen molar-refractivity contribution < 1.29 is 47.6 Å². The minimum atomic E-state index is -0.796. The van der Waals surface area contributed by atoms with Crippen LogP contribution in [0.1, 0.15) is 304 Å². The lowest BCUT2D eigenvalue weighted by Crippen LogP contribution is -2.34. The maximum Gasteiger partial charge on any atom is 0.306 e. The van der Waals surface area contributed by atoms with Gasteiger partial charge in [-0.25, -0.2) is 9.97 Å². The number of anilines is 1. The lowest BCUT2D eigenvalue weighted by Gasteiger charge is -2.27. The van der Waals surface area contributed by atoms with Gasteiger partial charge in [0.2, 0.25) is 0 Å². The largest absolute Gasteiger partial charge is 0.466 e. The molecule has 2 aromatic heterocycles. The fraction of sp³-hybridized carbons (Fsp3) is 0.818. The molecule has 94 heavy (non-hydrogen) atoms. The van der Waals surface area contributed by atoms with Crippen molar-refractivity contribution in [3.05, 3.63) is 30.1 Å². The number of nitrogens with one attached hydrogen (secondary N) is 1. The van der Waals surface area contributed by atoms with Crippen molar-refractivity contribution >= 4 is 51.6 Å². The van der Waals surface area contributed by atoms with E-state index in [4.69, 9.17) is 39.1 Å². The van der Waals surface area contributed by atoms with Crippen molar-refractivity contribution in [3.63, 3.8) is 0 Å². The maximum atomic E-state index is 13.5. The van der Waals surface area contributed by atoms with E-state index in [-0.39, 0.29) is 23.9 Å². The number of imidazole rings is 1. The smallest absolute Gasteiger partial charge is 0.306 e. The summed E-state index contributed by atoms with van der Waals surface area (Å²) in [5.41, 5.74) is 8.04. The van der Waals surface area contributed by atoms with Crippen LogP contribution in [0.25, 0.3) is 21.9 Å². The Kier molecular flexibility index (Phi) is 50.4. The quantitative estimate of drug-likeness (QED) is 0.0307. The summed E-state index contributed by atoms with van der Waals surface area (Å²) in [5, 5.41) is 4.37. The molecular weight excluding hydrogens is 1180 g/mol. The summed E-state index contributed by atoms with van der Waals surface area (Å²) < 4.78 is 37.2. The molecule has 0 saturated carbocycles. The first-order valence-corrected chi connectivity index (χ1v) is 38.4. The van der Waals surface area contributed by atoms with Crippen molar-refractivity contribution in [2.45, 2.75) is 317 Å². The Morgan fingerprint density at radius 2 is 0.819 bits per heavy atom. The lowest BCUT2D eigenvalue weighted by atomic mass is 10.1. The predicted octanol–water partition coefficient (Wildman–Crippen LogP) is 17.5. The van der Waals surface area contributed by atoms with Crippen LogP contribution in [0.4, 0.5) is 5.82 Å². The van der Waals surface area contributed by atoms with Crippen molar-refractivity contribution in [3.8, 4) is 0 Å². The number of rotatable bonds is 66. The van der Waals surface area contributed by atoms with Crippen LogP contribution in [0.5, 0.6) is 0 Å². The molecule has 1 aromatic carbocycles. The van der Waals surface area contributed by atoms with E-state index in [1.165, 1.54) is 83.5 Å². The highest BCUT2D eigenvalue weighted by Crippen LogP contribution is 2.31. The molecule has 540 valence electrons. The zero-order valence-electron chi connectivity index (χ0n) is 60.8. The van der Waals surface area contributed by atoms with E-state index in [0.29, 0.717) is 96.4 Å². The summed E-state index contributed by atoms with van der Waals surface area (Å²) >= 11 is 0. The number of para-hydroxylation sites is 1. The van der Waals surface area contributed by atoms with Crippen LogP contribution in [0, 0.1) is 0 Å². The predicted molar refractivity (Wildman–Crippen MR) is 386 cm³/mol. The topological polar surface area (TPSA) is 199 Å². The average Bonchev–Trinajstić information content (AvgIpc) is 1.57. The Bertz CT molecular complexity index is 2320. The third-order valence-corrected chi connectivity index (χ3v) is 17.8. The van der Waals surface area contributed by atoms with E-state index < -0.39 is 5.60 Å². The van der Waals surface area contributed by atoms with E-state index in [9.17, 15) is 19.2 Å². The highest BCUT2D eigenvalue weighted by molar-refractivity contribution is 6.06. The van der Waals surface area contributed by atoms with E-state index in [2.05, 4.69) is 52.4 Å². The molecule has 0 amide bonds. The zero-order valence-corrected chi connectivity index (χ0v) is 60.8. The number of unbranched alkanes of at least 4 members (excludes halogenated alkanes) is 29. The van der Waals surface area contributed by atoms with E-state index in [1.807, 2.05) is 38.1 Å². The van der Waals surface area contributed by atoms with Gasteiger partial charge >= 0.3 is 23.9 Å². The third-order valence-electron chi connectivity index (χ3n) is 17.8. The van der Waals surface area contributed by atoms with Crippen molar-refractivity contribution in [1.82, 2.24) is 29.7 Å². The number of carbonyl (C=O) groups is 4. The number of fused-ring (bicyclic) bond motifs is 3. The molecule has 3 N–H and O–H groups in total. The second-order valence-corrected chi connectivity index (χ2v) is 27.1. The highest BCUT2D eigenvalue weighted by Gasteiger charge is 2.28. The molecule has 0 fully saturated rings. The van der Waals surface area contributed by atoms with Crippen molar-refractivity contribution in [2.75, 3.05) is 97.8 Å². The van der Waals surface area contributed by atoms with Crippen LogP contribution in [0.3, 0.4) is 0 Å². The number of hydrogen-bond acceptors (Lipinski definition) is 16. The van der Waals surface area contributed by atoms with Crippen molar-refractivity contribution in [2.24, 2.45) is 0 Å². The number of nitrogen functional groups attached to an aromatic ring is 1.